The largest absolute Gasteiger partial charge is 0.464 e. The Morgan fingerprint density at radius 2 is 2.12 bits per heavy atom. The second-order valence-electron chi connectivity index (χ2n) is 5.67. The van der Waals surface area contributed by atoms with Gasteiger partial charge in [0.1, 0.15) is 5.56 Å². The summed E-state index contributed by atoms with van der Waals surface area (Å²) in [4.78, 5) is 27.8. The molecule has 0 aliphatic carbocycles. The van der Waals surface area contributed by atoms with Crippen molar-refractivity contribution in [3.8, 4) is 5.88 Å². The van der Waals surface area contributed by atoms with Gasteiger partial charge >= 0.3 is 6.18 Å². The van der Waals surface area contributed by atoms with Gasteiger partial charge in [0, 0.05) is 24.0 Å². The molecule has 26 heavy (non-hydrogen) atoms. The number of hydrogen-bond donors (Lipinski definition) is 2. The molecule has 1 unspecified atom stereocenters. The van der Waals surface area contributed by atoms with Crippen molar-refractivity contribution in [2.45, 2.75) is 25.7 Å². The van der Waals surface area contributed by atoms with Gasteiger partial charge in [0.2, 0.25) is 5.88 Å². The molecular weight excluding hydrogens is 351 g/mol. The van der Waals surface area contributed by atoms with Gasteiger partial charge in [-0.05, 0) is 36.8 Å². The van der Waals surface area contributed by atoms with Gasteiger partial charge in [-0.2, -0.15) is 13.2 Å². The third-order valence-corrected chi connectivity index (χ3v) is 3.82. The molecule has 6 nitrogen and oxygen atoms in total. The molecule has 0 radical (unpaired) electrons. The molecule has 0 spiro atoms. The summed E-state index contributed by atoms with van der Waals surface area (Å²) in [7, 11) is 0. The minimum Gasteiger partial charge on any atom is -0.464 e. The summed E-state index contributed by atoms with van der Waals surface area (Å²) >= 11 is 0. The molecule has 1 aliphatic heterocycles. The third kappa shape index (κ3) is 3.61. The van der Waals surface area contributed by atoms with E-state index in [4.69, 9.17) is 4.74 Å². The Balaban J connectivity index is 1.81. The minimum absolute atomic E-state index is 0.145. The molecule has 0 fully saturated rings. The lowest BCUT2D eigenvalue weighted by molar-refractivity contribution is -0.190. The van der Waals surface area contributed by atoms with Crippen LogP contribution in [0.25, 0.3) is 0 Å². The van der Waals surface area contributed by atoms with E-state index in [1.807, 2.05) is 0 Å². The Morgan fingerprint density at radius 3 is 2.85 bits per heavy atom. The number of hydrogen-bond acceptors (Lipinski definition) is 4. The highest BCUT2D eigenvalue weighted by Crippen LogP contribution is 2.26. The summed E-state index contributed by atoms with van der Waals surface area (Å²) < 4.78 is 42.9. The van der Waals surface area contributed by atoms with Crippen LogP contribution in [-0.2, 0) is 6.54 Å². The van der Waals surface area contributed by atoms with Gasteiger partial charge < -0.3 is 15.4 Å². The molecule has 0 bridgehead atoms. The Labute approximate surface area is 146 Å². The molecule has 2 heterocycles. The van der Waals surface area contributed by atoms with Crippen LogP contribution in [0.4, 0.5) is 18.9 Å². The SMILES string of the molecule is CC(Oc1ncccc1C(=O)Nc1ccc2c(c1)C(=O)NC2)C(F)(F)F. The Hall–Kier alpha value is -3.10. The highest BCUT2D eigenvalue weighted by molar-refractivity contribution is 6.07. The molecule has 136 valence electrons. The van der Waals surface area contributed by atoms with Crippen molar-refractivity contribution in [3.63, 3.8) is 0 Å². The van der Waals surface area contributed by atoms with Crippen LogP contribution in [0.2, 0.25) is 0 Å². The number of alkyl halides is 3. The van der Waals surface area contributed by atoms with Crippen molar-refractivity contribution in [1.29, 1.82) is 0 Å². The van der Waals surface area contributed by atoms with E-state index in [-0.39, 0.29) is 11.5 Å². The molecule has 2 N–H and O–H groups in total. The monoisotopic (exact) mass is 365 g/mol. The molecule has 2 amide bonds. The van der Waals surface area contributed by atoms with E-state index >= 15 is 0 Å². The van der Waals surface area contributed by atoms with Crippen molar-refractivity contribution in [2.75, 3.05) is 5.32 Å². The molecule has 1 aromatic carbocycles. The van der Waals surface area contributed by atoms with Crippen molar-refractivity contribution in [1.82, 2.24) is 10.3 Å². The molecule has 0 saturated carbocycles. The normalized spacial score (nSPS) is 14.4. The van der Waals surface area contributed by atoms with E-state index in [1.54, 1.807) is 12.1 Å². The van der Waals surface area contributed by atoms with Crippen molar-refractivity contribution >= 4 is 17.5 Å². The van der Waals surface area contributed by atoms with Crippen LogP contribution in [0.3, 0.4) is 0 Å². The van der Waals surface area contributed by atoms with Crippen LogP contribution < -0.4 is 15.4 Å². The number of anilines is 1. The first-order valence-electron chi connectivity index (χ1n) is 7.66. The number of ether oxygens (including phenoxy) is 1. The summed E-state index contributed by atoms with van der Waals surface area (Å²) in [5.74, 6) is -1.37. The molecular formula is C17H14F3N3O3. The van der Waals surface area contributed by atoms with Crippen molar-refractivity contribution in [3.05, 3.63) is 53.2 Å². The first kappa shape index (κ1) is 17.7. The number of carbonyl (C=O) groups is 2. The van der Waals surface area contributed by atoms with E-state index in [0.29, 0.717) is 17.8 Å². The summed E-state index contributed by atoms with van der Waals surface area (Å²) in [6, 6.07) is 7.52. The van der Waals surface area contributed by atoms with Gasteiger partial charge in [0.25, 0.3) is 11.8 Å². The van der Waals surface area contributed by atoms with Crippen molar-refractivity contribution < 1.29 is 27.5 Å². The van der Waals surface area contributed by atoms with Gasteiger partial charge in [0.15, 0.2) is 6.10 Å². The fraction of sp³-hybridized carbons (Fsp3) is 0.235. The number of rotatable bonds is 4. The highest BCUT2D eigenvalue weighted by Gasteiger charge is 2.39. The molecule has 3 rings (SSSR count). The summed E-state index contributed by atoms with van der Waals surface area (Å²) in [5, 5.41) is 5.19. The number of nitrogens with zero attached hydrogens (tertiary/aromatic N) is 1. The number of pyridine rings is 1. The van der Waals surface area contributed by atoms with E-state index in [1.165, 1.54) is 24.4 Å². The first-order chi connectivity index (χ1) is 12.3. The number of carbonyl (C=O) groups excluding carboxylic acids is 2. The van der Waals surface area contributed by atoms with Crippen molar-refractivity contribution in [2.24, 2.45) is 0 Å². The number of amides is 2. The molecule has 1 aliphatic rings. The second-order valence-corrected chi connectivity index (χ2v) is 5.67. The zero-order valence-corrected chi connectivity index (χ0v) is 13.6. The maximum Gasteiger partial charge on any atom is 0.425 e. The summed E-state index contributed by atoms with van der Waals surface area (Å²) in [5.41, 5.74) is 1.44. The first-order valence-corrected chi connectivity index (χ1v) is 7.66. The van der Waals surface area contributed by atoms with Gasteiger partial charge in [-0.3, -0.25) is 9.59 Å². The lowest BCUT2D eigenvalue weighted by Crippen LogP contribution is -2.32. The number of halogens is 3. The maximum atomic E-state index is 12.7. The average Bonchev–Trinajstić information content (AvgIpc) is 2.95. The molecule has 1 aromatic heterocycles. The van der Waals surface area contributed by atoms with E-state index in [0.717, 1.165) is 12.5 Å². The fourth-order valence-corrected chi connectivity index (χ4v) is 2.38. The molecule has 0 saturated heterocycles. The maximum absolute atomic E-state index is 12.7. The van der Waals surface area contributed by atoms with Crippen LogP contribution in [0, 0.1) is 0 Å². The lowest BCUT2D eigenvalue weighted by Gasteiger charge is -2.18. The summed E-state index contributed by atoms with van der Waals surface area (Å²) in [6.07, 6.45) is -5.47. The van der Waals surface area contributed by atoms with E-state index in [9.17, 15) is 22.8 Å². The van der Waals surface area contributed by atoms with Gasteiger partial charge in [0.05, 0.1) is 0 Å². The standard InChI is InChI=1S/C17H14F3N3O3/c1-9(17(18,19)20)26-16-12(3-2-6-21-16)15(25)23-11-5-4-10-8-22-14(24)13(10)7-11/h2-7,9H,8H2,1H3,(H,22,24)(H,23,25). The predicted octanol–water partition coefficient (Wildman–Crippen LogP) is 2.91. The highest BCUT2D eigenvalue weighted by atomic mass is 19.4. The number of nitrogens with one attached hydrogen (secondary N) is 2. The Morgan fingerprint density at radius 1 is 1.35 bits per heavy atom. The van der Waals surface area contributed by atoms with E-state index < -0.39 is 24.1 Å². The van der Waals surface area contributed by atoms with Crippen LogP contribution >= 0.6 is 0 Å². The molecule has 2 aromatic rings. The number of fused-ring (bicyclic) bond motifs is 1. The quantitative estimate of drug-likeness (QED) is 0.873. The zero-order valence-electron chi connectivity index (χ0n) is 13.6. The van der Waals surface area contributed by atoms with Crippen LogP contribution in [0.15, 0.2) is 36.5 Å². The third-order valence-electron chi connectivity index (χ3n) is 3.82. The van der Waals surface area contributed by atoms with Gasteiger partial charge in [-0.1, -0.05) is 6.07 Å². The summed E-state index contributed by atoms with van der Waals surface area (Å²) in [6.45, 7) is 1.24. The Bertz CT molecular complexity index is 868. The predicted molar refractivity (Wildman–Crippen MR) is 85.9 cm³/mol. The second kappa shape index (κ2) is 6.66. The number of benzene rings is 1. The smallest absolute Gasteiger partial charge is 0.425 e. The van der Waals surface area contributed by atoms with Crippen LogP contribution in [0.1, 0.15) is 33.2 Å². The van der Waals surface area contributed by atoms with E-state index in [2.05, 4.69) is 15.6 Å². The van der Waals surface area contributed by atoms with Crippen LogP contribution in [-0.4, -0.2) is 29.1 Å². The minimum atomic E-state index is -4.58. The van der Waals surface area contributed by atoms with Crippen LogP contribution in [0.5, 0.6) is 5.88 Å². The molecule has 1 atom stereocenters. The fourth-order valence-electron chi connectivity index (χ4n) is 2.38. The lowest BCUT2D eigenvalue weighted by atomic mass is 10.1. The Kier molecular flexibility index (Phi) is 4.54. The van der Waals surface area contributed by atoms with Gasteiger partial charge in [-0.25, -0.2) is 4.98 Å². The molecule has 9 heteroatoms. The average molecular weight is 365 g/mol. The number of aromatic nitrogens is 1. The zero-order chi connectivity index (χ0) is 18.9. The van der Waals surface area contributed by atoms with Gasteiger partial charge in [-0.15, -0.1) is 0 Å². The topological polar surface area (TPSA) is 80.3 Å².